The average Bonchev–Trinajstić information content (AvgIpc) is 2.29. The molecule has 0 aromatic heterocycles. The fraction of sp³-hybridized carbons (Fsp3) is 1.00. The first-order chi connectivity index (χ1) is 8.13. The topological polar surface area (TPSA) is 12.0 Å². The van der Waals surface area contributed by atoms with Gasteiger partial charge in [-0.1, -0.05) is 52.9 Å². The molecule has 1 fully saturated rings. The van der Waals surface area contributed by atoms with Crippen LogP contribution in [0.5, 0.6) is 0 Å². The van der Waals surface area contributed by atoms with Crippen molar-refractivity contribution >= 4 is 0 Å². The van der Waals surface area contributed by atoms with E-state index in [2.05, 4.69) is 33.0 Å². The molecule has 0 spiro atoms. The molecule has 0 radical (unpaired) electrons. The zero-order valence-corrected chi connectivity index (χ0v) is 12.5. The van der Waals surface area contributed by atoms with Gasteiger partial charge in [0.1, 0.15) is 0 Å². The molecule has 1 nitrogen and oxygen atoms in total. The third-order valence-corrected chi connectivity index (χ3v) is 4.35. The van der Waals surface area contributed by atoms with E-state index in [9.17, 15) is 0 Å². The van der Waals surface area contributed by atoms with E-state index in [4.69, 9.17) is 0 Å². The van der Waals surface area contributed by atoms with Crippen LogP contribution in [0.1, 0.15) is 79.1 Å². The van der Waals surface area contributed by atoms with Crippen LogP contribution >= 0.6 is 0 Å². The van der Waals surface area contributed by atoms with Gasteiger partial charge in [-0.2, -0.15) is 0 Å². The normalized spacial score (nSPS) is 27.4. The van der Waals surface area contributed by atoms with Gasteiger partial charge >= 0.3 is 0 Å². The second-order valence-electron chi connectivity index (χ2n) is 6.45. The van der Waals surface area contributed by atoms with E-state index in [1.165, 1.54) is 51.4 Å². The fourth-order valence-electron chi connectivity index (χ4n) is 3.20. The number of nitrogens with one attached hydrogen (secondary N) is 1. The highest BCUT2D eigenvalue weighted by atomic mass is 15.0. The highest BCUT2D eigenvalue weighted by molar-refractivity contribution is 4.82. The maximum absolute atomic E-state index is 3.89. The molecule has 1 heteroatoms. The van der Waals surface area contributed by atoms with Gasteiger partial charge in [-0.25, -0.2) is 0 Å². The molecule has 0 amide bonds. The molecular weight excluding hydrogens is 206 g/mol. The molecule has 1 N–H and O–H groups in total. The Morgan fingerprint density at radius 2 is 1.76 bits per heavy atom. The quantitative estimate of drug-likeness (QED) is 0.675. The maximum Gasteiger partial charge on any atom is 0.00976 e. The van der Waals surface area contributed by atoms with Crippen molar-refractivity contribution in [2.75, 3.05) is 0 Å². The molecule has 0 saturated heterocycles. The molecule has 102 valence electrons. The molecule has 0 aromatic carbocycles. The van der Waals surface area contributed by atoms with Gasteiger partial charge in [0.25, 0.3) is 0 Å². The average molecular weight is 239 g/mol. The Bertz CT molecular complexity index is 188. The van der Waals surface area contributed by atoms with E-state index >= 15 is 0 Å². The Balaban J connectivity index is 2.21. The van der Waals surface area contributed by atoms with Crippen molar-refractivity contribution in [1.29, 1.82) is 0 Å². The predicted octanol–water partition coefficient (Wildman–Crippen LogP) is 4.76. The zero-order chi connectivity index (χ0) is 12.7. The van der Waals surface area contributed by atoms with Crippen LogP contribution in [0.2, 0.25) is 0 Å². The zero-order valence-electron chi connectivity index (χ0n) is 12.5. The van der Waals surface area contributed by atoms with Crippen LogP contribution in [0.4, 0.5) is 0 Å². The molecule has 0 aromatic rings. The van der Waals surface area contributed by atoms with Gasteiger partial charge in [0.05, 0.1) is 0 Å². The summed E-state index contributed by atoms with van der Waals surface area (Å²) >= 11 is 0. The van der Waals surface area contributed by atoms with Crippen LogP contribution < -0.4 is 5.32 Å². The molecule has 17 heavy (non-hydrogen) atoms. The largest absolute Gasteiger partial charge is 0.311 e. The van der Waals surface area contributed by atoms with E-state index in [0.29, 0.717) is 6.04 Å². The lowest BCUT2D eigenvalue weighted by atomic mass is 9.82. The fourth-order valence-corrected chi connectivity index (χ4v) is 3.20. The van der Waals surface area contributed by atoms with Crippen LogP contribution in [0, 0.1) is 11.8 Å². The van der Waals surface area contributed by atoms with Crippen molar-refractivity contribution in [3.8, 4) is 0 Å². The lowest BCUT2D eigenvalue weighted by molar-refractivity contribution is 0.235. The van der Waals surface area contributed by atoms with E-state index in [1.807, 2.05) is 0 Å². The Morgan fingerprint density at radius 1 is 1.06 bits per heavy atom. The Hall–Kier alpha value is -0.0400. The van der Waals surface area contributed by atoms with Crippen LogP contribution in [-0.4, -0.2) is 12.1 Å². The maximum atomic E-state index is 3.89. The minimum atomic E-state index is 0.714. The Labute approximate surface area is 109 Å². The molecule has 3 atom stereocenters. The minimum absolute atomic E-state index is 0.714. The molecule has 0 heterocycles. The number of rotatable bonds is 7. The van der Waals surface area contributed by atoms with Gasteiger partial charge in [0.2, 0.25) is 0 Å². The summed E-state index contributed by atoms with van der Waals surface area (Å²) in [7, 11) is 0. The molecule has 3 unspecified atom stereocenters. The van der Waals surface area contributed by atoms with Gasteiger partial charge in [0, 0.05) is 12.1 Å². The first kappa shape index (κ1) is 15.0. The van der Waals surface area contributed by atoms with Crippen molar-refractivity contribution in [1.82, 2.24) is 5.32 Å². The summed E-state index contributed by atoms with van der Waals surface area (Å²) in [6.07, 6.45) is 11.2. The van der Waals surface area contributed by atoms with E-state index < -0.39 is 0 Å². The summed E-state index contributed by atoms with van der Waals surface area (Å²) in [5.41, 5.74) is 0. The molecular formula is C16H33N. The third kappa shape index (κ3) is 5.90. The second-order valence-corrected chi connectivity index (χ2v) is 6.45. The minimum Gasteiger partial charge on any atom is -0.311 e. The predicted molar refractivity (Wildman–Crippen MR) is 77.3 cm³/mol. The van der Waals surface area contributed by atoms with Crippen LogP contribution in [0.25, 0.3) is 0 Å². The highest BCUT2D eigenvalue weighted by Gasteiger charge is 2.24. The van der Waals surface area contributed by atoms with E-state index in [1.54, 1.807) is 0 Å². The number of hydrogen-bond donors (Lipinski definition) is 1. The summed E-state index contributed by atoms with van der Waals surface area (Å²) in [5, 5.41) is 3.89. The smallest absolute Gasteiger partial charge is 0.00976 e. The van der Waals surface area contributed by atoms with Crippen molar-refractivity contribution < 1.29 is 0 Å². The summed E-state index contributed by atoms with van der Waals surface area (Å²) in [5.74, 6) is 1.80. The van der Waals surface area contributed by atoms with E-state index in [-0.39, 0.29) is 0 Å². The van der Waals surface area contributed by atoms with Gasteiger partial charge in [-0.3, -0.25) is 0 Å². The standard InChI is InChI=1S/C16H33N/c1-5-15-11-6-7-12-16(15)17-14(4)10-8-9-13(2)3/h13-17H,5-12H2,1-4H3. The summed E-state index contributed by atoms with van der Waals surface area (Å²) in [6, 6.07) is 1.52. The van der Waals surface area contributed by atoms with Gasteiger partial charge in [-0.05, 0) is 38.0 Å². The van der Waals surface area contributed by atoms with Crippen LogP contribution in [-0.2, 0) is 0 Å². The first-order valence-corrected chi connectivity index (χ1v) is 7.89. The summed E-state index contributed by atoms with van der Waals surface area (Å²) in [6.45, 7) is 9.38. The molecule has 1 saturated carbocycles. The molecule has 0 aliphatic heterocycles. The monoisotopic (exact) mass is 239 g/mol. The van der Waals surface area contributed by atoms with Crippen molar-refractivity contribution in [2.45, 2.75) is 91.1 Å². The van der Waals surface area contributed by atoms with Crippen molar-refractivity contribution in [3.05, 3.63) is 0 Å². The summed E-state index contributed by atoms with van der Waals surface area (Å²) < 4.78 is 0. The van der Waals surface area contributed by atoms with E-state index in [0.717, 1.165) is 17.9 Å². The van der Waals surface area contributed by atoms with Crippen molar-refractivity contribution in [2.24, 2.45) is 11.8 Å². The lowest BCUT2D eigenvalue weighted by Gasteiger charge is -2.34. The molecule has 1 aliphatic rings. The number of hydrogen-bond acceptors (Lipinski definition) is 1. The SMILES string of the molecule is CCC1CCCCC1NC(C)CCCC(C)C. The Morgan fingerprint density at radius 3 is 2.41 bits per heavy atom. The van der Waals surface area contributed by atoms with Gasteiger partial charge in [-0.15, -0.1) is 0 Å². The summed E-state index contributed by atoms with van der Waals surface area (Å²) in [4.78, 5) is 0. The third-order valence-electron chi connectivity index (χ3n) is 4.35. The Kier molecular flexibility index (Phi) is 7.18. The lowest BCUT2D eigenvalue weighted by Crippen LogP contribution is -2.43. The van der Waals surface area contributed by atoms with Crippen molar-refractivity contribution in [3.63, 3.8) is 0 Å². The van der Waals surface area contributed by atoms with Gasteiger partial charge in [0.15, 0.2) is 0 Å². The first-order valence-electron chi connectivity index (χ1n) is 7.89. The van der Waals surface area contributed by atoms with Crippen LogP contribution in [0.3, 0.4) is 0 Å². The van der Waals surface area contributed by atoms with Crippen LogP contribution in [0.15, 0.2) is 0 Å². The van der Waals surface area contributed by atoms with Gasteiger partial charge < -0.3 is 5.32 Å². The molecule has 1 rings (SSSR count). The molecule has 1 aliphatic carbocycles. The highest BCUT2D eigenvalue weighted by Crippen LogP contribution is 2.27. The second kappa shape index (κ2) is 8.13. The molecule has 0 bridgehead atoms.